The second-order valence-electron chi connectivity index (χ2n) is 5.79. The van der Waals surface area contributed by atoms with Gasteiger partial charge in [0.25, 0.3) is 0 Å². The number of aromatic hydroxyl groups is 1. The summed E-state index contributed by atoms with van der Waals surface area (Å²) in [7, 11) is 0. The Labute approximate surface area is 141 Å². The van der Waals surface area contributed by atoms with E-state index >= 15 is 0 Å². The smallest absolute Gasteiger partial charge is 0.222 e. The SMILES string of the molecule is O=C(CCc1ccccc1)NC1COC(c2ccc(O)cc2)CO1. The number of amides is 1. The van der Waals surface area contributed by atoms with E-state index in [-0.39, 0.29) is 17.8 Å². The first-order valence-electron chi connectivity index (χ1n) is 8.06. The van der Waals surface area contributed by atoms with Crippen LogP contribution in [-0.2, 0) is 20.7 Å². The number of carbonyl (C=O) groups excluding carboxylic acids is 1. The van der Waals surface area contributed by atoms with E-state index in [1.165, 1.54) is 0 Å². The van der Waals surface area contributed by atoms with Crippen molar-refractivity contribution < 1.29 is 19.4 Å². The van der Waals surface area contributed by atoms with Crippen LogP contribution in [0.5, 0.6) is 5.75 Å². The number of ether oxygens (including phenoxy) is 2. The van der Waals surface area contributed by atoms with Crippen molar-refractivity contribution in [3.8, 4) is 5.75 Å². The van der Waals surface area contributed by atoms with Gasteiger partial charge in [0.05, 0.1) is 13.2 Å². The van der Waals surface area contributed by atoms with Gasteiger partial charge in [-0.25, -0.2) is 0 Å². The number of benzene rings is 2. The summed E-state index contributed by atoms with van der Waals surface area (Å²) in [5.41, 5.74) is 2.09. The van der Waals surface area contributed by atoms with Gasteiger partial charge in [0.1, 0.15) is 11.9 Å². The van der Waals surface area contributed by atoms with E-state index < -0.39 is 6.23 Å². The zero-order chi connectivity index (χ0) is 16.8. The number of nitrogens with one attached hydrogen (secondary N) is 1. The summed E-state index contributed by atoms with van der Waals surface area (Å²) in [5.74, 6) is 0.176. The molecular weight excluding hydrogens is 306 g/mol. The van der Waals surface area contributed by atoms with Crippen molar-refractivity contribution in [2.24, 2.45) is 0 Å². The third kappa shape index (κ3) is 4.57. The van der Waals surface area contributed by atoms with E-state index in [1.54, 1.807) is 12.1 Å². The number of rotatable bonds is 5. The van der Waals surface area contributed by atoms with Crippen molar-refractivity contribution in [3.05, 3.63) is 65.7 Å². The van der Waals surface area contributed by atoms with Crippen molar-refractivity contribution in [3.63, 3.8) is 0 Å². The van der Waals surface area contributed by atoms with Crippen LogP contribution in [0.4, 0.5) is 0 Å². The molecular formula is C19H21NO4. The monoisotopic (exact) mass is 327 g/mol. The van der Waals surface area contributed by atoms with Crippen LogP contribution >= 0.6 is 0 Å². The molecule has 1 heterocycles. The molecule has 2 atom stereocenters. The van der Waals surface area contributed by atoms with Gasteiger partial charge in [0.15, 0.2) is 6.23 Å². The average molecular weight is 327 g/mol. The number of hydrogen-bond acceptors (Lipinski definition) is 4. The Hall–Kier alpha value is -2.37. The standard InChI is InChI=1S/C19H21NO4/c21-16-9-7-15(8-10-16)17-12-24-19(13-23-17)20-18(22)11-6-14-4-2-1-3-5-14/h1-5,7-10,17,19,21H,6,11-13H2,(H,20,22). The zero-order valence-corrected chi connectivity index (χ0v) is 13.4. The quantitative estimate of drug-likeness (QED) is 0.886. The molecule has 2 aromatic carbocycles. The molecule has 3 rings (SSSR count). The third-order valence-corrected chi connectivity index (χ3v) is 3.97. The molecule has 1 saturated heterocycles. The van der Waals surface area contributed by atoms with Crippen LogP contribution in [0.2, 0.25) is 0 Å². The molecule has 1 fully saturated rings. The minimum atomic E-state index is -0.415. The lowest BCUT2D eigenvalue weighted by Gasteiger charge is -2.30. The number of hydrogen-bond donors (Lipinski definition) is 2. The Morgan fingerprint density at radius 2 is 1.79 bits per heavy atom. The highest BCUT2D eigenvalue weighted by Gasteiger charge is 2.24. The normalized spacial score (nSPS) is 20.5. The highest BCUT2D eigenvalue weighted by molar-refractivity contribution is 5.76. The predicted octanol–water partition coefficient (Wildman–Crippen LogP) is 2.56. The fourth-order valence-electron chi connectivity index (χ4n) is 2.62. The van der Waals surface area contributed by atoms with Crippen LogP contribution < -0.4 is 5.32 Å². The molecule has 0 saturated carbocycles. The second kappa shape index (κ2) is 7.95. The second-order valence-corrected chi connectivity index (χ2v) is 5.79. The first kappa shape index (κ1) is 16.5. The lowest BCUT2D eigenvalue weighted by Crippen LogP contribution is -2.44. The topological polar surface area (TPSA) is 67.8 Å². The first-order valence-corrected chi connectivity index (χ1v) is 8.06. The minimum Gasteiger partial charge on any atom is -0.508 e. The molecule has 24 heavy (non-hydrogen) atoms. The van der Waals surface area contributed by atoms with Crippen LogP contribution in [0.15, 0.2) is 54.6 Å². The van der Waals surface area contributed by atoms with Gasteiger partial charge in [-0.15, -0.1) is 0 Å². The molecule has 2 unspecified atom stereocenters. The van der Waals surface area contributed by atoms with Crippen molar-refractivity contribution in [1.82, 2.24) is 5.32 Å². The fourth-order valence-corrected chi connectivity index (χ4v) is 2.62. The molecule has 0 spiro atoms. The number of carbonyl (C=O) groups is 1. The van der Waals surface area contributed by atoms with Crippen LogP contribution in [0.25, 0.3) is 0 Å². The van der Waals surface area contributed by atoms with Crippen LogP contribution in [0.3, 0.4) is 0 Å². The summed E-state index contributed by atoms with van der Waals surface area (Å²) in [6.45, 7) is 0.678. The molecule has 2 N–H and O–H groups in total. The molecule has 126 valence electrons. The lowest BCUT2D eigenvalue weighted by atomic mass is 10.1. The maximum Gasteiger partial charge on any atom is 0.222 e. The average Bonchev–Trinajstić information content (AvgIpc) is 2.62. The van der Waals surface area contributed by atoms with Gasteiger partial charge in [0.2, 0.25) is 5.91 Å². The third-order valence-electron chi connectivity index (χ3n) is 3.97. The number of phenolic OH excluding ortho intramolecular Hbond substituents is 1. The van der Waals surface area contributed by atoms with Crippen LogP contribution in [0, 0.1) is 0 Å². The minimum absolute atomic E-state index is 0.0458. The Bertz CT molecular complexity index is 649. The molecule has 2 aromatic rings. The van der Waals surface area contributed by atoms with Crippen molar-refractivity contribution in [2.75, 3.05) is 13.2 Å². The Kier molecular flexibility index (Phi) is 5.46. The lowest BCUT2D eigenvalue weighted by molar-refractivity contribution is -0.155. The summed E-state index contributed by atoms with van der Waals surface area (Å²) in [5, 5.41) is 12.2. The van der Waals surface area contributed by atoms with Crippen molar-refractivity contribution in [1.29, 1.82) is 0 Å². The van der Waals surface area contributed by atoms with Crippen LogP contribution in [-0.4, -0.2) is 30.5 Å². The summed E-state index contributed by atoms with van der Waals surface area (Å²) < 4.78 is 11.4. The van der Waals surface area contributed by atoms with Crippen molar-refractivity contribution in [2.45, 2.75) is 25.2 Å². The molecule has 0 bridgehead atoms. The van der Waals surface area contributed by atoms with Gasteiger partial charge in [0, 0.05) is 6.42 Å². The Balaban J connectivity index is 1.41. The number of phenols is 1. The largest absolute Gasteiger partial charge is 0.508 e. The number of aryl methyl sites for hydroxylation is 1. The van der Waals surface area contributed by atoms with Gasteiger partial charge in [-0.2, -0.15) is 0 Å². The van der Waals surface area contributed by atoms with Gasteiger partial charge >= 0.3 is 0 Å². The van der Waals surface area contributed by atoms with E-state index in [9.17, 15) is 9.90 Å². The molecule has 0 radical (unpaired) electrons. The first-order chi connectivity index (χ1) is 11.7. The van der Waals surface area contributed by atoms with E-state index in [1.807, 2.05) is 42.5 Å². The van der Waals surface area contributed by atoms with E-state index in [0.29, 0.717) is 26.1 Å². The Morgan fingerprint density at radius 3 is 2.46 bits per heavy atom. The van der Waals surface area contributed by atoms with Gasteiger partial charge in [-0.1, -0.05) is 42.5 Å². The molecule has 5 nitrogen and oxygen atoms in total. The van der Waals surface area contributed by atoms with Crippen LogP contribution in [0.1, 0.15) is 23.7 Å². The predicted molar refractivity (Wildman–Crippen MR) is 89.4 cm³/mol. The Morgan fingerprint density at radius 1 is 1.04 bits per heavy atom. The summed E-state index contributed by atoms with van der Waals surface area (Å²) in [6, 6.07) is 16.8. The molecule has 5 heteroatoms. The van der Waals surface area contributed by atoms with E-state index in [4.69, 9.17) is 9.47 Å². The zero-order valence-electron chi connectivity index (χ0n) is 13.4. The van der Waals surface area contributed by atoms with Gasteiger partial charge in [-0.3, -0.25) is 4.79 Å². The maximum absolute atomic E-state index is 12.0. The van der Waals surface area contributed by atoms with Crippen molar-refractivity contribution >= 4 is 5.91 Å². The summed E-state index contributed by atoms with van der Waals surface area (Å²) in [4.78, 5) is 12.0. The van der Waals surface area contributed by atoms with Gasteiger partial charge < -0.3 is 19.9 Å². The molecule has 1 aliphatic heterocycles. The summed E-state index contributed by atoms with van der Waals surface area (Å²) in [6.07, 6.45) is 0.534. The highest BCUT2D eigenvalue weighted by Crippen LogP contribution is 2.23. The summed E-state index contributed by atoms with van der Waals surface area (Å²) >= 11 is 0. The van der Waals surface area contributed by atoms with E-state index in [0.717, 1.165) is 11.1 Å². The molecule has 1 aliphatic rings. The fraction of sp³-hybridized carbons (Fsp3) is 0.316. The molecule has 0 aliphatic carbocycles. The maximum atomic E-state index is 12.0. The van der Waals surface area contributed by atoms with Gasteiger partial charge in [-0.05, 0) is 29.7 Å². The highest BCUT2D eigenvalue weighted by atomic mass is 16.6. The molecule has 0 aromatic heterocycles. The van der Waals surface area contributed by atoms with E-state index in [2.05, 4.69) is 5.32 Å². The molecule has 1 amide bonds.